The highest BCUT2D eigenvalue weighted by molar-refractivity contribution is 5.83. The standard InChI is InChI=1S/C17H23FN4O/c1-4-9-22-12-13(11-20-22)10-19-17(23)16(21(2)3)14-5-7-15(18)8-6-14/h5-8,11-12,16H,4,9-10H2,1-3H3,(H,19,23). The molecule has 1 aromatic carbocycles. The van der Waals surface area contributed by atoms with Crippen LogP contribution in [-0.2, 0) is 17.9 Å². The molecule has 0 bridgehead atoms. The molecule has 0 aliphatic heterocycles. The fourth-order valence-electron chi connectivity index (χ4n) is 2.46. The summed E-state index contributed by atoms with van der Waals surface area (Å²) >= 11 is 0. The number of benzene rings is 1. The van der Waals surface area contributed by atoms with Crippen LogP contribution in [0.3, 0.4) is 0 Å². The van der Waals surface area contributed by atoms with E-state index in [2.05, 4.69) is 17.3 Å². The van der Waals surface area contributed by atoms with Gasteiger partial charge in [0, 0.05) is 24.8 Å². The molecule has 0 saturated carbocycles. The molecule has 1 amide bonds. The zero-order valence-electron chi connectivity index (χ0n) is 13.8. The first-order chi connectivity index (χ1) is 11.0. The van der Waals surface area contributed by atoms with Crippen LogP contribution in [0.2, 0.25) is 0 Å². The molecule has 1 atom stereocenters. The maximum atomic E-state index is 13.1. The number of amides is 1. The van der Waals surface area contributed by atoms with E-state index in [-0.39, 0.29) is 11.7 Å². The van der Waals surface area contributed by atoms with E-state index < -0.39 is 6.04 Å². The predicted molar refractivity (Wildman–Crippen MR) is 87.2 cm³/mol. The first-order valence-electron chi connectivity index (χ1n) is 7.72. The van der Waals surface area contributed by atoms with Gasteiger partial charge < -0.3 is 5.32 Å². The summed E-state index contributed by atoms with van der Waals surface area (Å²) in [4.78, 5) is 14.3. The second kappa shape index (κ2) is 7.87. The Labute approximate surface area is 136 Å². The van der Waals surface area contributed by atoms with Crippen molar-refractivity contribution >= 4 is 5.91 Å². The topological polar surface area (TPSA) is 50.2 Å². The van der Waals surface area contributed by atoms with Crippen LogP contribution in [0.25, 0.3) is 0 Å². The maximum absolute atomic E-state index is 13.1. The van der Waals surface area contributed by atoms with Crippen molar-refractivity contribution in [1.29, 1.82) is 0 Å². The normalized spacial score (nSPS) is 12.4. The van der Waals surface area contributed by atoms with Crippen LogP contribution in [0.5, 0.6) is 0 Å². The van der Waals surface area contributed by atoms with E-state index >= 15 is 0 Å². The largest absolute Gasteiger partial charge is 0.350 e. The molecular formula is C17H23FN4O. The van der Waals surface area contributed by atoms with Gasteiger partial charge in [-0.25, -0.2) is 4.39 Å². The Morgan fingerprint density at radius 3 is 2.65 bits per heavy atom. The minimum atomic E-state index is -0.457. The first-order valence-corrected chi connectivity index (χ1v) is 7.72. The lowest BCUT2D eigenvalue weighted by atomic mass is 10.1. The number of hydrogen-bond acceptors (Lipinski definition) is 3. The Bertz CT molecular complexity index is 636. The molecule has 2 rings (SSSR count). The average molecular weight is 318 g/mol. The summed E-state index contributed by atoms with van der Waals surface area (Å²) in [7, 11) is 3.65. The molecule has 1 unspecified atom stereocenters. The second-order valence-corrected chi connectivity index (χ2v) is 5.75. The third kappa shape index (κ3) is 4.63. The molecule has 0 spiro atoms. The zero-order valence-corrected chi connectivity index (χ0v) is 13.8. The van der Waals surface area contributed by atoms with Gasteiger partial charge in [-0.1, -0.05) is 19.1 Å². The third-order valence-electron chi connectivity index (χ3n) is 3.56. The number of aromatic nitrogens is 2. The van der Waals surface area contributed by atoms with Gasteiger partial charge >= 0.3 is 0 Å². The molecule has 0 aliphatic rings. The number of nitrogens with one attached hydrogen (secondary N) is 1. The van der Waals surface area contributed by atoms with E-state index in [0.29, 0.717) is 6.54 Å². The summed E-state index contributed by atoms with van der Waals surface area (Å²) in [5.74, 6) is -0.431. The van der Waals surface area contributed by atoms with E-state index in [1.807, 2.05) is 29.9 Å². The maximum Gasteiger partial charge on any atom is 0.242 e. The molecule has 0 aliphatic carbocycles. The van der Waals surface area contributed by atoms with Crippen molar-refractivity contribution in [2.45, 2.75) is 32.5 Å². The lowest BCUT2D eigenvalue weighted by Crippen LogP contribution is -2.36. The molecule has 0 radical (unpaired) electrons. The van der Waals surface area contributed by atoms with Gasteiger partial charge in [-0.15, -0.1) is 0 Å². The number of carbonyl (C=O) groups excluding carboxylic acids is 1. The monoisotopic (exact) mass is 318 g/mol. The van der Waals surface area contributed by atoms with Gasteiger partial charge in [0.1, 0.15) is 11.9 Å². The minimum absolute atomic E-state index is 0.121. The summed E-state index contributed by atoms with van der Waals surface area (Å²) in [6, 6.07) is 5.56. The molecule has 1 N–H and O–H groups in total. The quantitative estimate of drug-likeness (QED) is 0.852. The second-order valence-electron chi connectivity index (χ2n) is 5.75. The lowest BCUT2D eigenvalue weighted by Gasteiger charge is -2.23. The van der Waals surface area contributed by atoms with Crippen molar-refractivity contribution in [3.8, 4) is 0 Å². The Balaban J connectivity index is 2.02. The summed E-state index contributed by atoms with van der Waals surface area (Å²) in [6.45, 7) is 3.38. The van der Waals surface area contributed by atoms with Crippen LogP contribution >= 0.6 is 0 Å². The average Bonchev–Trinajstić information content (AvgIpc) is 2.95. The summed E-state index contributed by atoms with van der Waals surface area (Å²) < 4.78 is 14.9. The van der Waals surface area contributed by atoms with Gasteiger partial charge in [-0.3, -0.25) is 14.4 Å². The van der Waals surface area contributed by atoms with Crippen LogP contribution in [-0.4, -0.2) is 34.7 Å². The summed E-state index contributed by atoms with van der Waals surface area (Å²) in [5.41, 5.74) is 1.72. The number of carbonyl (C=O) groups is 1. The highest BCUT2D eigenvalue weighted by Crippen LogP contribution is 2.19. The summed E-state index contributed by atoms with van der Waals surface area (Å²) in [6.07, 6.45) is 4.71. The molecule has 5 nitrogen and oxygen atoms in total. The Morgan fingerprint density at radius 1 is 1.35 bits per heavy atom. The van der Waals surface area contributed by atoms with E-state index in [9.17, 15) is 9.18 Å². The Hall–Kier alpha value is -2.21. The van der Waals surface area contributed by atoms with Crippen molar-refractivity contribution in [1.82, 2.24) is 20.0 Å². The van der Waals surface area contributed by atoms with Gasteiger partial charge in [0.2, 0.25) is 5.91 Å². The molecule has 1 heterocycles. The fourth-order valence-corrected chi connectivity index (χ4v) is 2.46. The van der Waals surface area contributed by atoms with Crippen molar-refractivity contribution in [3.05, 3.63) is 53.6 Å². The van der Waals surface area contributed by atoms with E-state index in [1.54, 1.807) is 18.3 Å². The van der Waals surface area contributed by atoms with Crippen LogP contribution in [0.4, 0.5) is 4.39 Å². The SMILES string of the molecule is CCCn1cc(CNC(=O)C(c2ccc(F)cc2)N(C)C)cn1. The smallest absolute Gasteiger partial charge is 0.242 e. The molecule has 6 heteroatoms. The molecule has 23 heavy (non-hydrogen) atoms. The fraction of sp³-hybridized carbons (Fsp3) is 0.412. The number of nitrogens with zero attached hydrogens (tertiary/aromatic N) is 3. The molecule has 124 valence electrons. The van der Waals surface area contributed by atoms with E-state index in [0.717, 1.165) is 24.1 Å². The predicted octanol–water partition coefficient (Wildman–Crippen LogP) is 2.35. The minimum Gasteiger partial charge on any atom is -0.350 e. The highest BCUT2D eigenvalue weighted by Gasteiger charge is 2.22. The van der Waals surface area contributed by atoms with E-state index in [1.165, 1.54) is 12.1 Å². The van der Waals surface area contributed by atoms with Crippen molar-refractivity contribution < 1.29 is 9.18 Å². The van der Waals surface area contributed by atoms with Gasteiger partial charge in [0.05, 0.1) is 6.20 Å². The van der Waals surface area contributed by atoms with Crippen LogP contribution < -0.4 is 5.32 Å². The van der Waals surface area contributed by atoms with Gasteiger partial charge in [0.25, 0.3) is 0 Å². The molecular weight excluding hydrogens is 295 g/mol. The van der Waals surface area contributed by atoms with Crippen LogP contribution in [0.1, 0.15) is 30.5 Å². The number of likely N-dealkylation sites (N-methyl/N-ethyl adjacent to an activating group) is 1. The van der Waals surface area contributed by atoms with Crippen molar-refractivity contribution in [3.63, 3.8) is 0 Å². The van der Waals surface area contributed by atoms with Gasteiger partial charge in [-0.2, -0.15) is 5.10 Å². The Morgan fingerprint density at radius 2 is 2.04 bits per heavy atom. The van der Waals surface area contributed by atoms with Crippen LogP contribution in [0, 0.1) is 5.82 Å². The van der Waals surface area contributed by atoms with Crippen molar-refractivity contribution in [2.24, 2.45) is 0 Å². The number of halogens is 1. The summed E-state index contributed by atoms with van der Waals surface area (Å²) in [5, 5.41) is 7.17. The van der Waals surface area contributed by atoms with E-state index in [4.69, 9.17) is 0 Å². The molecule has 0 saturated heterocycles. The molecule has 2 aromatic rings. The molecule has 1 aromatic heterocycles. The van der Waals surface area contributed by atoms with Gasteiger partial charge in [-0.05, 0) is 38.2 Å². The number of aryl methyl sites for hydroxylation is 1. The molecule has 0 fully saturated rings. The van der Waals surface area contributed by atoms with Gasteiger partial charge in [0.15, 0.2) is 0 Å². The Kier molecular flexibility index (Phi) is 5.87. The van der Waals surface area contributed by atoms with Crippen molar-refractivity contribution in [2.75, 3.05) is 14.1 Å². The van der Waals surface area contributed by atoms with Crippen LogP contribution in [0.15, 0.2) is 36.7 Å². The highest BCUT2D eigenvalue weighted by atomic mass is 19.1. The zero-order chi connectivity index (χ0) is 16.8. The lowest BCUT2D eigenvalue weighted by molar-refractivity contribution is -0.125. The first kappa shape index (κ1) is 17.1. The third-order valence-corrected chi connectivity index (χ3v) is 3.56. The number of hydrogen-bond donors (Lipinski definition) is 1. The number of rotatable bonds is 7.